The molecule has 4 rings (SSSR count). The summed E-state index contributed by atoms with van der Waals surface area (Å²) < 4.78 is 71.7. The monoisotopic (exact) mass is 448 g/mol. The summed E-state index contributed by atoms with van der Waals surface area (Å²) in [5.74, 6) is -0.0673. The molecule has 11 heteroatoms. The van der Waals surface area contributed by atoms with Gasteiger partial charge in [-0.3, -0.25) is 13.9 Å². The maximum absolute atomic E-state index is 12.1. The molecular weight excluding hydrogens is 436 g/mol. The third-order valence-corrected chi connectivity index (χ3v) is 6.22. The van der Waals surface area contributed by atoms with E-state index in [0.29, 0.717) is 17.0 Å². The molecule has 0 unspecified atom stereocenters. The van der Waals surface area contributed by atoms with Crippen molar-refractivity contribution in [3.8, 4) is 28.2 Å². The Kier molecular flexibility index (Phi) is 4.43. The summed E-state index contributed by atoms with van der Waals surface area (Å²) >= 11 is 0. The zero-order chi connectivity index (χ0) is 21.8. The van der Waals surface area contributed by atoms with Gasteiger partial charge in [-0.2, -0.15) is 16.8 Å². The van der Waals surface area contributed by atoms with Gasteiger partial charge in [-0.25, -0.2) is 0 Å². The van der Waals surface area contributed by atoms with Gasteiger partial charge in [0.15, 0.2) is 5.43 Å². The third-order valence-electron chi connectivity index (χ3n) is 4.48. The van der Waals surface area contributed by atoms with Crippen LogP contribution in [0.25, 0.3) is 33.4 Å². The van der Waals surface area contributed by atoms with E-state index in [0.717, 1.165) is 12.1 Å². The Balaban J connectivity index is 2.22. The molecule has 2 aromatic rings. The average molecular weight is 448 g/mol. The van der Waals surface area contributed by atoms with Crippen LogP contribution in [0.15, 0.2) is 73.6 Å². The summed E-state index contributed by atoms with van der Waals surface area (Å²) in [6.45, 7) is 0. The van der Waals surface area contributed by atoms with E-state index < -0.39 is 30.0 Å². The van der Waals surface area contributed by atoms with Crippen LogP contribution in [0, 0.1) is 0 Å². The van der Waals surface area contributed by atoms with Gasteiger partial charge >= 0.3 is 0 Å². The van der Waals surface area contributed by atoms with E-state index in [1.807, 2.05) is 0 Å². The molecule has 154 valence electrons. The Morgan fingerprint density at radius 2 is 1.47 bits per heavy atom. The molecular formula is C19H12O9S2. The van der Waals surface area contributed by atoms with Crippen LogP contribution >= 0.6 is 0 Å². The SMILES string of the molecule is O=c1ccc2c(-c3ccc(S(=O)(=O)O)cc3S(=O)(=O)O)c3ccc(O)cc3oc-2c1. The second kappa shape index (κ2) is 6.64. The van der Waals surface area contributed by atoms with E-state index in [2.05, 4.69) is 0 Å². The van der Waals surface area contributed by atoms with Crippen LogP contribution in [-0.2, 0) is 20.2 Å². The molecule has 1 aliphatic carbocycles. The lowest BCUT2D eigenvalue weighted by molar-refractivity contribution is 0.474. The molecule has 0 spiro atoms. The van der Waals surface area contributed by atoms with E-state index in [9.17, 15) is 35.8 Å². The van der Waals surface area contributed by atoms with Crippen LogP contribution in [0.4, 0.5) is 0 Å². The van der Waals surface area contributed by atoms with Crippen molar-refractivity contribution in [3.05, 3.63) is 64.8 Å². The van der Waals surface area contributed by atoms with Crippen LogP contribution in [0.5, 0.6) is 5.75 Å². The summed E-state index contributed by atoms with van der Waals surface area (Å²) in [6, 6.07) is 10.5. The van der Waals surface area contributed by atoms with Gasteiger partial charge in [0.25, 0.3) is 20.2 Å². The molecule has 30 heavy (non-hydrogen) atoms. The predicted molar refractivity (Wildman–Crippen MR) is 106 cm³/mol. The van der Waals surface area contributed by atoms with E-state index in [1.54, 1.807) is 0 Å². The lowest BCUT2D eigenvalue weighted by Gasteiger charge is -2.17. The highest BCUT2D eigenvalue weighted by molar-refractivity contribution is 7.86. The fourth-order valence-electron chi connectivity index (χ4n) is 3.23. The maximum atomic E-state index is 12.1. The molecule has 0 radical (unpaired) electrons. The Morgan fingerprint density at radius 3 is 2.13 bits per heavy atom. The number of hydrogen-bond donors (Lipinski definition) is 3. The van der Waals surface area contributed by atoms with Crippen molar-refractivity contribution in [1.82, 2.24) is 0 Å². The molecule has 3 N–H and O–H groups in total. The number of aromatic hydroxyl groups is 1. The Hall–Kier alpha value is -3.25. The molecule has 2 aromatic carbocycles. The fraction of sp³-hybridized carbons (Fsp3) is 0. The summed E-state index contributed by atoms with van der Waals surface area (Å²) in [7, 11) is -9.68. The second-order valence-corrected chi connectivity index (χ2v) is 9.24. The average Bonchev–Trinajstić information content (AvgIpc) is 2.64. The standard InChI is InChI=1S/C19H12O9S2/c20-10-1-4-13-16(7-10)28-17-8-11(21)2-5-14(17)19(13)15-6-3-12(29(22,23)24)9-18(15)30(25,26)27/h1-9,20H,(H,22,23,24)(H,25,26,27). The molecule has 0 atom stereocenters. The van der Waals surface area contributed by atoms with E-state index in [1.165, 1.54) is 36.4 Å². The summed E-state index contributed by atoms with van der Waals surface area (Å²) in [6.07, 6.45) is 0. The number of benzene rings is 3. The summed E-state index contributed by atoms with van der Waals surface area (Å²) in [5, 5.41) is 10.1. The van der Waals surface area contributed by atoms with Crippen molar-refractivity contribution in [2.45, 2.75) is 9.79 Å². The molecule has 0 bridgehead atoms. The number of fused-ring (bicyclic) bond motifs is 2. The quantitative estimate of drug-likeness (QED) is 0.316. The van der Waals surface area contributed by atoms with Gasteiger partial charge in [-0.15, -0.1) is 0 Å². The first kappa shape index (κ1) is 20.0. The van der Waals surface area contributed by atoms with E-state index in [4.69, 9.17) is 4.42 Å². The Bertz CT molecular complexity index is 1570. The largest absolute Gasteiger partial charge is 0.508 e. The predicted octanol–water partition coefficient (Wildman–Crippen LogP) is 2.76. The van der Waals surface area contributed by atoms with Crippen LogP contribution in [0.2, 0.25) is 0 Å². The zero-order valence-corrected chi connectivity index (χ0v) is 16.4. The van der Waals surface area contributed by atoms with Crippen molar-refractivity contribution >= 4 is 31.2 Å². The van der Waals surface area contributed by atoms with Crippen molar-refractivity contribution in [1.29, 1.82) is 0 Å². The van der Waals surface area contributed by atoms with Crippen molar-refractivity contribution in [3.63, 3.8) is 0 Å². The van der Waals surface area contributed by atoms with Gasteiger partial charge in [-0.1, -0.05) is 6.07 Å². The van der Waals surface area contributed by atoms with E-state index in [-0.39, 0.29) is 33.6 Å². The molecule has 0 saturated carbocycles. The summed E-state index contributed by atoms with van der Waals surface area (Å²) in [4.78, 5) is 10.3. The smallest absolute Gasteiger partial charge is 0.295 e. The number of rotatable bonds is 3. The molecule has 0 fully saturated rings. The Labute approximate surface area is 169 Å². The highest BCUT2D eigenvalue weighted by atomic mass is 32.2. The van der Waals surface area contributed by atoms with Crippen molar-refractivity contribution in [2.24, 2.45) is 0 Å². The molecule has 0 amide bonds. The van der Waals surface area contributed by atoms with Gasteiger partial charge in [0.2, 0.25) is 0 Å². The van der Waals surface area contributed by atoms with Crippen LogP contribution < -0.4 is 5.43 Å². The molecule has 1 aliphatic heterocycles. The highest BCUT2D eigenvalue weighted by Crippen LogP contribution is 2.43. The minimum absolute atomic E-state index is 0.0794. The number of hydrogen-bond acceptors (Lipinski definition) is 7. The van der Waals surface area contributed by atoms with Gasteiger partial charge in [0.1, 0.15) is 22.0 Å². The Morgan fingerprint density at radius 1 is 0.767 bits per heavy atom. The molecule has 0 saturated heterocycles. The fourth-order valence-corrected chi connectivity index (χ4v) is 4.54. The first-order valence-corrected chi connectivity index (χ1v) is 11.1. The zero-order valence-electron chi connectivity index (χ0n) is 14.8. The van der Waals surface area contributed by atoms with Gasteiger partial charge in [-0.05, 0) is 36.4 Å². The van der Waals surface area contributed by atoms with Crippen LogP contribution in [0.1, 0.15) is 0 Å². The second-order valence-electron chi connectivity index (χ2n) is 6.42. The molecule has 0 aromatic heterocycles. The topological polar surface area (TPSA) is 159 Å². The summed E-state index contributed by atoms with van der Waals surface area (Å²) in [5.41, 5.74) is 0.148. The van der Waals surface area contributed by atoms with Crippen molar-refractivity contribution < 1.29 is 35.5 Å². The van der Waals surface area contributed by atoms with Crippen LogP contribution in [0.3, 0.4) is 0 Å². The lowest BCUT2D eigenvalue weighted by atomic mass is 9.93. The first-order valence-electron chi connectivity index (χ1n) is 8.24. The minimum atomic E-state index is -4.94. The number of phenolic OH excluding ortho intramolecular Hbond substituents is 1. The molecule has 2 aliphatic rings. The van der Waals surface area contributed by atoms with Crippen LogP contribution in [-0.4, -0.2) is 31.0 Å². The number of phenols is 1. The van der Waals surface area contributed by atoms with Gasteiger partial charge < -0.3 is 9.52 Å². The first-order chi connectivity index (χ1) is 13.9. The van der Waals surface area contributed by atoms with Gasteiger partial charge in [0.05, 0.1) is 4.90 Å². The maximum Gasteiger partial charge on any atom is 0.295 e. The normalized spacial score (nSPS) is 12.5. The lowest BCUT2D eigenvalue weighted by Crippen LogP contribution is -2.06. The highest BCUT2D eigenvalue weighted by Gasteiger charge is 2.26. The van der Waals surface area contributed by atoms with Crippen molar-refractivity contribution in [2.75, 3.05) is 0 Å². The third kappa shape index (κ3) is 3.44. The van der Waals surface area contributed by atoms with E-state index >= 15 is 0 Å². The molecule has 9 nitrogen and oxygen atoms in total. The minimum Gasteiger partial charge on any atom is -0.508 e. The van der Waals surface area contributed by atoms with Gasteiger partial charge in [0, 0.05) is 34.2 Å². The molecule has 1 heterocycles.